The van der Waals surface area contributed by atoms with Crippen molar-refractivity contribution in [2.45, 2.75) is 25.5 Å². The van der Waals surface area contributed by atoms with Gasteiger partial charge in [-0.25, -0.2) is 0 Å². The molecule has 2 aliphatic heterocycles. The van der Waals surface area contributed by atoms with Crippen molar-refractivity contribution in [3.05, 3.63) is 65.2 Å². The molecule has 2 heterocycles. The minimum absolute atomic E-state index is 0.00821. The summed E-state index contributed by atoms with van der Waals surface area (Å²) in [5.74, 6) is -0.00821. The summed E-state index contributed by atoms with van der Waals surface area (Å²) in [7, 11) is 0. The Bertz CT molecular complexity index is 787. The molecule has 5 heteroatoms. The second kappa shape index (κ2) is 8.65. The lowest BCUT2D eigenvalue weighted by Gasteiger charge is -2.28. The van der Waals surface area contributed by atoms with E-state index in [4.69, 9.17) is 9.47 Å². The summed E-state index contributed by atoms with van der Waals surface area (Å²) in [4.78, 5) is 15.1. The number of para-hydroxylation sites is 1. The number of carbonyl (C=O) groups excluding carboxylic acids is 1. The lowest BCUT2D eigenvalue weighted by molar-refractivity contribution is -0.119. The van der Waals surface area contributed by atoms with Crippen LogP contribution in [0.1, 0.15) is 29.2 Å². The Labute approximate surface area is 160 Å². The van der Waals surface area contributed by atoms with Crippen molar-refractivity contribution >= 4 is 11.6 Å². The molecule has 5 nitrogen and oxygen atoms in total. The molecule has 1 unspecified atom stereocenters. The van der Waals surface area contributed by atoms with Gasteiger partial charge in [-0.3, -0.25) is 9.69 Å². The zero-order valence-corrected chi connectivity index (χ0v) is 15.5. The first-order valence-electron chi connectivity index (χ1n) is 9.67. The smallest absolute Gasteiger partial charge is 0.227 e. The van der Waals surface area contributed by atoms with E-state index >= 15 is 0 Å². The van der Waals surface area contributed by atoms with Crippen molar-refractivity contribution in [3.63, 3.8) is 0 Å². The molecule has 0 aromatic heterocycles. The quantitative estimate of drug-likeness (QED) is 0.883. The minimum Gasteiger partial charge on any atom is -0.379 e. The zero-order valence-electron chi connectivity index (χ0n) is 15.5. The predicted octanol–water partition coefficient (Wildman–Crippen LogP) is 3.16. The van der Waals surface area contributed by atoms with E-state index in [1.165, 1.54) is 5.56 Å². The number of nitrogens with one attached hydrogen (secondary N) is 1. The molecule has 1 N–H and O–H groups in total. The SMILES string of the molecule is O=C(CC1OCCc2ccccc21)Nc1ccccc1CN1CCOCC1. The van der Waals surface area contributed by atoms with Crippen LogP contribution in [0.2, 0.25) is 0 Å². The fourth-order valence-electron chi connectivity index (χ4n) is 3.80. The Morgan fingerprint density at radius 2 is 1.81 bits per heavy atom. The van der Waals surface area contributed by atoms with Gasteiger partial charge in [-0.15, -0.1) is 0 Å². The Balaban J connectivity index is 1.41. The third-order valence-corrected chi connectivity index (χ3v) is 5.25. The van der Waals surface area contributed by atoms with Gasteiger partial charge in [-0.2, -0.15) is 0 Å². The number of nitrogens with zero attached hydrogens (tertiary/aromatic N) is 1. The molecular weight excluding hydrogens is 340 g/mol. The molecule has 1 amide bonds. The number of hydrogen-bond acceptors (Lipinski definition) is 4. The van der Waals surface area contributed by atoms with Gasteiger partial charge in [0.2, 0.25) is 5.91 Å². The van der Waals surface area contributed by atoms with Crippen molar-refractivity contribution in [1.82, 2.24) is 4.90 Å². The number of fused-ring (bicyclic) bond motifs is 1. The van der Waals surface area contributed by atoms with Crippen LogP contribution in [0.5, 0.6) is 0 Å². The van der Waals surface area contributed by atoms with Gasteiger partial charge in [0.25, 0.3) is 0 Å². The molecule has 2 aliphatic rings. The lowest BCUT2D eigenvalue weighted by atomic mass is 9.95. The van der Waals surface area contributed by atoms with E-state index in [1.807, 2.05) is 30.3 Å². The predicted molar refractivity (Wildman–Crippen MR) is 105 cm³/mol. The summed E-state index contributed by atoms with van der Waals surface area (Å²) in [6.45, 7) is 4.88. The zero-order chi connectivity index (χ0) is 18.5. The molecule has 27 heavy (non-hydrogen) atoms. The Morgan fingerprint density at radius 1 is 1.04 bits per heavy atom. The highest BCUT2D eigenvalue weighted by Crippen LogP contribution is 2.30. The molecule has 0 saturated carbocycles. The molecule has 1 fully saturated rings. The van der Waals surface area contributed by atoms with Crippen LogP contribution in [0.25, 0.3) is 0 Å². The fraction of sp³-hybridized carbons (Fsp3) is 0.409. The van der Waals surface area contributed by atoms with E-state index in [9.17, 15) is 4.79 Å². The van der Waals surface area contributed by atoms with Crippen LogP contribution in [-0.2, 0) is 27.2 Å². The molecule has 0 radical (unpaired) electrons. The fourth-order valence-corrected chi connectivity index (χ4v) is 3.80. The van der Waals surface area contributed by atoms with Crippen LogP contribution in [-0.4, -0.2) is 43.7 Å². The molecule has 142 valence electrons. The van der Waals surface area contributed by atoms with Crippen LogP contribution >= 0.6 is 0 Å². The molecule has 4 rings (SSSR count). The number of amides is 1. The molecule has 0 bridgehead atoms. The van der Waals surface area contributed by atoms with Gasteiger partial charge in [0.15, 0.2) is 0 Å². The van der Waals surface area contributed by atoms with Crippen molar-refractivity contribution in [3.8, 4) is 0 Å². The number of rotatable bonds is 5. The number of anilines is 1. The van der Waals surface area contributed by atoms with E-state index in [-0.39, 0.29) is 12.0 Å². The topological polar surface area (TPSA) is 50.8 Å². The average molecular weight is 366 g/mol. The van der Waals surface area contributed by atoms with Gasteiger partial charge in [0, 0.05) is 25.3 Å². The number of morpholine rings is 1. The summed E-state index contributed by atoms with van der Waals surface area (Å²) in [5.41, 5.74) is 4.45. The Hall–Kier alpha value is -2.21. The first kappa shape index (κ1) is 18.2. The molecule has 1 saturated heterocycles. The first-order valence-corrected chi connectivity index (χ1v) is 9.67. The highest BCUT2D eigenvalue weighted by molar-refractivity contribution is 5.92. The van der Waals surface area contributed by atoms with E-state index in [1.54, 1.807) is 0 Å². The summed E-state index contributed by atoms with van der Waals surface area (Å²) in [6.07, 6.45) is 1.08. The molecule has 2 aromatic carbocycles. The number of carbonyl (C=O) groups is 1. The second-order valence-electron chi connectivity index (χ2n) is 7.11. The van der Waals surface area contributed by atoms with Crippen LogP contribution in [0.4, 0.5) is 5.69 Å². The number of ether oxygens (including phenoxy) is 2. The van der Waals surface area contributed by atoms with E-state index in [2.05, 4.69) is 28.4 Å². The van der Waals surface area contributed by atoms with Crippen molar-refractivity contribution < 1.29 is 14.3 Å². The second-order valence-corrected chi connectivity index (χ2v) is 7.11. The Morgan fingerprint density at radius 3 is 2.70 bits per heavy atom. The maximum Gasteiger partial charge on any atom is 0.227 e. The van der Waals surface area contributed by atoms with E-state index < -0.39 is 0 Å². The molecule has 0 spiro atoms. The van der Waals surface area contributed by atoms with Crippen molar-refractivity contribution in [2.24, 2.45) is 0 Å². The van der Waals surface area contributed by atoms with Gasteiger partial charge >= 0.3 is 0 Å². The average Bonchev–Trinajstić information content (AvgIpc) is 2.71. The minimum atomic E-state index is -0.165. The summed E-state index contributed by atoms with van der Waals surface area (Å²) in [6, 6.07) is 16.3. The molecule has 0 aliphatic carbocycles. The van der Waals surface area contributed by atoms with Crippen molar-refractivity contribution in [2.75, 3.05) is 38.2 Å². The monoisotopic (exact) mass is 366 g/mol. The molecule has 2 aromatic rings. The van der Waals surface area contributed by atoms with Crippen molar-refractivity contribution in [1.29, 1.82) is 0 Å². The molecular formula is C22H26N2O3. The lowest BCUT2D eigenvalue weighted by Crippen LogP contribution is -2.35. The maximum absolute atomic E-state index is 12.7. The largest absolute Gasteiger partial charge is 0.379 e. The van der Waals surface area contributed by atoms with Gasteiger partial charge in [0.05, 0.1) is 32.3 Å². The molecule has 1 atom stereocenters. The first-order chi connectivity index (χ1) is 13.3. The van der Waals surface area contributed by atoms with Gasteiger partial charge in [-0.1, -0.05) is 42.5 Å². The summed E-state index contributed by atoms with van der Waals surface area (Å²) < 4.78 is 11.3. The van der Waals surface area contributed by atoms with E-state index in [0.717, 1.165) is 56.1 Å². The van der Waals surface area contributed by atoms with Gasteiger partial charge in [-0.05, 0) is 29.2 Å². The van der Waals surface area contributed by atoms with Crippen LogP contribution in [0, 0.1) is 0 Å². The normalized spacial score (nSPS) is 20.1. The summed E-state index contributed by atoms with van der Waals surface area (Å²) >= 11 is 0. The van der Waals surface area contributed by atoms with Crippen LogP contribution in [0.15, 0.2) is 48.5 Å². The highest BCUT2D eigenvalue weighted by Gasteiger charge is 2.23. The van der Waals surface area contributed by atoms with Gasteiger partial charge in [0.1, 0.15) is 0 Å². The summed E-state index contributed by atoms with van der Waals surface area (Å²) in [5, 5.41) is 3.10. The standard InChI is InChI=1S/C22H26N2O3/c25-22(15-21-19-7-3-1-5-17(19)9-12-27-21)23-20-8-4-2-6-18(20)16-24-10-13-26-14-11-24/h1-8,21H,9-16H2,(H,23,25). The number of benzene rings is 2. The highest BCUT2D eigenvalue weighted by atomic mass is 16.5. The van der Waals surface area contributed by atoms with E-state index in [0.29, 0.717) is 13.0 Å². The third kappa shape index (κ3) is 4.56. The Kier molecular flexibility index (Phi) is 5.82. The number of hydrogen-bond donors (Lipinski definition) is 1. The van der Waals surface area contributed by atoms with Crippen LogP contribution < -0.4 is 5.32 Å². The third-order valence-electron chi connectivity index (χ3n) is 5.25. The maximum atomic E-state index is 12.7. The van der Waals surface area contributed by atoms with Crippen LogP contribution in [0.3, 0.4) is 0 Å². The van der Waals surface area contributed by atoms with Gasteiger partial charge < -0.3 is 14.8 Å².